The monoisotopic (exact) mass is 421 g/mol. The number of aliphatic carboxylic acids is 1. The lowest BCUT2D eigenvalue weighted by atomic mass is 10.3. The third-order valence-electron chi connectivity index (χ3n) is 3.58. The molecule has 0 radical (unpaired) electrons. The van der Waals surface area contributed by atoms with E-state index in [0.717, 1.165) is 0 Å². The van der Waals surface area contributed by atoms with Crippen LogP contribution in [-0.2, 0) is 4.79 Å². The fourth-order valence-corrected chi connectivity index (χ4v) is 2.39. The average Bonchev–Trinajstić information content (AvgIpc) is 2.71. The number of rotatable bonds is 13. The van der Waals surface area contributed by atoms with Crippen molar-refractivity contribution in [2.75, 3.05) is 32.9 Å². The van der Waals surface area contributed by atoms with E-state index in [1.165, 1.54) is 0 Å². The normalized spacial score (nSPS) is 11.9. The Morgan fingerprint density at radius 2 is 1.76 bits per heavy atom. The van der Waals surface area contributed by atoms with E-state index in [1.54, 1.807) is 48.5 Å². The highest BCUT2D eigenvalue weighted by Crippen LogP contribution is 2.18. The molecule has 0 aromatic heterocycles. The molecule has 0 saturated heterocycles. The molecule has 2 aromatic carbocycles. The van der Waals surface area contributed by atoms with Crippen LogP contribution in [0.4, 0.5) is 0 Å². The number of carboxylic acids is 1. The number of nitrogens with one attached hydrogen (secondary N) is 1. The molecule has 0 aliphatic carbocycles. The first-order chi connectivity index (χ1) is 14.0. The third kappa shape index (κ3) is 9.84. The maximum atomic E-state index is 10.4. The van der Waals surface area contributed by atoms with E-state index in [0.29, 0.717) is 42.0 Å². The van der Waals surface area contributed by atoms with Gasteiger partial charge in [-0.25, -0.2) is 4.79 Å². The number of carbonyl (C=O) groups is 1. The minimum absolute atomic E-state index is 0.173. The Morgan fingerprint density at radius 1 is 1.03 bits per heavy atom. The van der Waals surface area contributed by atoms with E-state index in [1.807, 2.05) is 12.2 Å². The highest BCUT2D eigenvalue weighted by molar-refractivity contribution is 6.30. The quantitative estimate of drug-likeness (QED) is 0.338. The van der Waals surface area contributed by atoms with Gasteiger partial charge in [0.15, 0.2) is 6.61 Å². The first-order valence-electron chi connectivity index (χ1n) is 9.02. The van der Waals surface area contributed by atoms with Gasteiger partial charge in [-0.05, 0) is 42.5 Å². The number of ether oxygens (including phenoxy) is 3. The largest absolute Gasteiger partial charge is 0.491 e. The molecule has 2 aromatic rings. The van der Waals surface area contributed by atoms with Crippen LogP contribution in [0.15, 0.2) is 60.7 Å². The van der Waals surface area contributed by atoms with Crippen LogP contribution in [0.3, 0.4) is 0 Å². The molecule has 0 amide bonds. The molecule has 1 unspecified atom stereocenters. The van der Waals surface area contributed by atoms with Crippen molar-refractivity contribution in [2.45, 2.75) is 6.10 Å². The van der Waals surface area contributed by atoms with Gasteiger partial charge in [-0.3, -0.25) is 0 Å². The number of aliphatic hydroxyl groups is 1. The number of hydrogen-bond acceptors (Lipinski definition) is 6. The Hall–Kier alpha value is -2.74. The molecule has 0 bridgehead atoms. The van der Waals surface area contributed by atoms with Crippen molar-refractivity contribution in [3.05, 3.63) is 65.7 Å². The molecular weight excluding hydrogens is 398 g/mol. The molecule has 1 atom stereocenters. The maximum Gasteiger partial charge on any atom is 0.341 e. The number of carboxylic acid groups (broad SMARTS) is 1. The van der Waals surface area contributed by atoms with Crippen LogP contribution in [0.25, 0.3) is 0 Å². The first kappa shape index (κ1) is 22.5. The molecular formula is C21H24ClNO6. The van der Waals surface area contributed by atoms with E-state index in [2.05, 4.69) is 5.32 Å². The molecule has 3 N–H and O–H groups in total. The first-order valence-corrected chi connectivity index (χ1v) is 9.40. The van der Waals surface area contributed by atoms with Crippen molar-refractivity contribution in [2.24, 2.45) is 0 Å². The molecule has 7 nitrogen and oxygen atoms in total. The van der Waals surface area contributed by atoms with Crippen molar-refractivity contribution >= 4 is 17.6 Å². The summed E-state index contributed by atoms with van der Waals surface area (Å²) in [7, 11) is 0. The summed E-state index contributed by atoms with van der Waals surface area (Å²) in [6.07, 6.45) is 3.12. The van der Waals surface area contributed by atoms with Gasteiger partial charge in [-0.15, -0.1) is 0 Å². The minimum atomic E-state index is -1.02. The molecule has 2 rings (SSSR count). The summed E-state index contributed by atoms with van der Waals surface area (Å²) >= 11 is 5.88. The van der Waals surface area contributed by atoms with Crippen molar-refractivity contribution in [1.82, 2.24) is 5.32 Å². The fraction of sp³-hybridized carbons (Fsp3) is 0.286. The van der Waals surface area contributed by atoms with Crippen LogP contribution < -0.4 is 19.5 Å². The van der Waals surface area contributed by atoms with Crippen molar-refractivity contribution in [3.8, 4) is 17.2 Å². The average molecular weight is 422 g/mol. The standard InChI is InChI=1S/C21H24ClNO6/c22-16-4-3-5-20(12-16)28-14-17(24)13-23-10-1-2-11-27-18-6-8-19(9-7-18)29-15-21(25)26/h1-9,12,17,23-24H,10-11,13-15H2,(H,25,26)/b2-1+. The SMILES string of the molecule is O=C(O)COc1ccc(OC/C=C/CNCC(O)COc2cccc(Cl)c2)cc1. The Bertz CT molecular complexity index is 781. The zero-order valence-corrected chi connectivity index (χ0v) is 16.5. The Labute approximate surface area is 174 Å². The van der Waals surface area contributed by atoms with Crippen LogP contribution in [0.2, 0.25) is 5.02 Å². The van der Waals surface area contributed by atoms with Gasteiger partial charge in [0.05, 0.1) is 0 Å². The summed E-state index contributed by atoms with van der Waals surface area (Å²) < 4.78 is 16.1. The van der Waals surface area contributed by atoms with Gasteiger partial charge < -0.3 is 29.7 Å². The lowest BCUT2D eigenvalue weighted by Gasteiger charge is -2.12. The lowest BCUT2D eigenvalue weighted by molar-refractivity contribution is -0.139. The number of halogens is 1. The van der Waals surface area contributed by atoms with Gasteiger partial charge >= 0.3 is 5.97 Å². The van der Waals surface area contributed by atoms with Crippen LogP contribution in [0, 0.1) is 0 Å². The summed E-state index contributed by atoms with van der Waals surface area (Å²) in [5.74, 6) is 0.719. The fourth-order valence-electron chi connectivity index (χ4n) is 2.21. The van der Waals surface area contributed by atoms with Crippen molar-refractivity contribution < 1.29 is 29.2 Å². The minimum Gasteiger partial charge on any atom is -0.491 e. The predicted molar refractivity (Wildman–Crippen MR) is 110 cm³/mol. The van der Waals surface area contributed by atoms with Gasteiger partial charge in [0.1, 0.15) is 36.6 Å². The lowest BCUT2D eigenvalue weighted by Crippen LogP contribution is -2.31. The molecule has 0 heterocycles. The van der Waals surface area contributed by atoms with Crippen LogP contribution in [-0.4, -0.2) is 55.2 Å². The van der Waals surface area contributed by atoms with Crippen LogP contribution in [0.1, 0.15) is 0 Å². The zero-order valence-electron chi connectivity index (χ0n) is 15.8. The number of hydrogen-bond donors (Lipinski definition) is 3. The third-order valence-corrected chi connectivity index (χ3v) is 3.81. The molecule has 156 valence electrons. The topological polar surface area (TPSA) is 97.3 Å². The van der Waals surface area contributed by atoms with E-state index >= 15 is 0 Å². The van der Waals surface area contributed by atoms with Crippen molar-refractivity contribution in [1.29, 1.82) is 0 Å². The summed E-state index contributed by atoms with van der Waals surface area (Å²) in [5.41, 5.74) is 0. The highest BCUT2D eigenvalue weighted by atomic mass is 35.5. The van der Waals surface area contributed by atoms with Crippen LogP contribution in [0.5, 0.6) is 17.2 Å². The van der Waals surface area contributed by atoms with E-state index in [9.17, 15) is 9.90 Å². The molecule has 0 fully saturated rings. The maximum absolute atomic E-state index is 10.4. The Balaban J connectivity index is 1.54. The predicted octanol–water partition coefficient (Wildman–Crippen LogP) is 2.77. The number of benzene rings is 2. The van der Waals surface area contributed by atoms with Crippen LogP contribution >= 0.6 is 11.6 Å². The summed E-state index contributed by atoms with van der Waals surface area (Å²) in [5, 5.41) is 22.2. The molecule has 0 saturated carbocycles. The van der Waals surface area contributed by atoms with Gasteiger partial charge in [-0.1, -0.05) is 29.8 Å². The van der Waals surface area contributed by atoms with Gasteiger partial charge in [-0.2, -0.15) is 0 Å². The summed E-state index contributed by atoms with van der Waals surface area (Å²) in [6, 6.07) is 13.7. The van der Waals surface area contributed by atoms with Gasteiger partial charge in [0, 0.05) is 18.1 Å². The summed E-state index contributed by atoms with van der Waals surface area (Å²) in [6.45, 7) is 1.16. The van der Waals surface area contributed by atoms with E-state index in [-0.39, 0.29) is 13.2 Å². The van der Waals surface area contributed by atoms with E-state index < -0.39 is 12.1 Å². The second-order valence-corrected chi connectivity index (χ2v) is 6.45. The second kappa shape index (κ2) is 12.7. The Morgan fingerprint density at radius 3 is 2.45 bits per heavy atom. The molecule has 0 aliphatic heterocycles. The Kier molecular flexibility index (Phi) is 9.85. The highest BCUT2D eigenvalue weighted by Gasteiger charge is 2.04. The second-order valence-electron chi connectivity index (χ2n) is 6.02. The van der Waals surface area contributed by atoms with Gasteiger partial charge in [0.2, 0.25) is 0 Å². The smallest absolute Gasteiger partial charge is 0.341 e. The molecule has 0 spiro atoms. The van der Waals surface area contributed by atoms with E-state index in [4.69, 9.17) is 30.9 Å². The molecule has 0 aliphatic rings. The number of aliphatic hydroxyl groups excluding tert-OH is 1. The zero-order chi connectivity index (χ0) is 20.9. The van der Waals surface area contributed by atoms with Crippen molar-refractivity contribution in [3.63, 3.8) is 0 Å². The van der Waals surface area contributed by atoms with Gasteiger partial charge in [0.25, 0.3) is 0 Å². The molecule has 29 heavy (non-hydrogen) atoms. The molecule has 8 heteroatoms. The summed E-state index contributed by atoms with van der Waals surface area (Å²) in [4.78, 5) is 10.4.